The minimum Gasteiger partial charge on any atom is -0.461 e. The number of amides is 1. The van der Waals surface area contributed by atoms with Crippen LogP contribution in [0.1, 0.15) is 5.56 Å². The Morgan fingerprint density at radius 2 is 1.87 bits per heavy atom. The molecule has 4 rings (SSSR count). The van der Waals surface area contributed by atoms with Crippen molar-refractivity contribution in [1.82, 2.24) is 14.8 Å². The van der Waals surface area contributed by atoms with Crippen LogP contribution in [0.5, 0.6) is 0 Å². The van der Waals surface area contributed by atoms with Gasteiger partial charge in [-0.25, -0.2) is 0 Å². The number of halogens is 2. The lowest BCUT2D eigenvalue weighted by Crippen LogP contribution is -2.15. The molecule has 0 saturated heterocycles. The number of anilines is 1. The molecule has 0 atom stereocenters. The van der Waals surface area contributed by atoms with Crippen LogP contribution in [0, 0.1) is 6.92 Å². The van der Waals surface area contributed by atoms with Gasteiger partial charge in [-0.05, 0) is 61.0 Å². The lowest BCUT2D eigenvalue weighted by Gasteiger charge is -2.10. The molecule has 1 N–H and O–H groups in total. The molecule has 152 valence electrons. The third kappa shape index (κ3) is 4.53. The van der Waals surface area contributed by atoms with Gasteiger partial charge in [0.15, 0.2) is 10.9 Å². The fourth-order valence-electron chi connectivity index (χ4n) is 2.80. The standard InChI is InChI=1S/C21H16Cl2N4O2S/c1-13-4-5-15(23)11-17(13)24-19(28)12-30-21-26-25-20(18-3-2-10-29-18)27(21)16-8-6-14(22)7-9-16/h2-11H,12H2,1H3,(H,24,28). The quantitative estimate of drug-likeness (QED) is 0.365. The first-order valence-electron chi connectivity index (χ1n) is 8.95. The van der Waals surface area contributed by atoms with E-state index < -0.39 is 0 Å². The minimum atomic E-state index is -0.171. The normalized spacial score (nSPS) is 10.9. The second-order valence-electron chi connectivity index (χ2n) is 6.39. The molecule has 0 radical (unpaired) electrons. The molecule has 0 bridgehead atoms. The number of benzene rings is 2. The zero-order valence-corrected chi connectivity index (χ0v) is 18.1. The lowest BCUT2D eigenvalue weighted by atomic mass is 10.2. The fourth-order valence-corrected chi connectivity index (χ4v) is 3.85. The molecule has 0 saturated carbocycles. The van der Waals surface area contributed by atoms with Crippen LogP contribution in [0.3, 0.4) is 0 Å². The van der Waals surface area contributed by atoms with E-state index in [0.717, 1.165) is 11.3 Å². The Morgan fingerprint density at radius 1 is 1.10 bits per heavy atom. The molecule has 2 heterocycles. The molecule has 1 amide bonds. The summed E-state index contributed by atoms with van der Waals surface area (Å²) in [6.45, 7) is 1.91. The number of nitrogens with zero attached hydrogens (tertiary/aromatic N) is 3. The summed E-state index contributed by atoms with van der Waals surface area (Å²) in [6.07, 6.45) is 1.57. The van der Waals surface area contributed by atoms with Crippen LogP contribution in [0.4, 0.5) is 5.69 Å². The molecule has 6 nitrogen and oxygen atoms in total. The number of carbonyl (C=O) groups excluding carboxylic acids is 1. The topological polar surface area (TPSA) is 73.0 Å². The van der Waals surface area contributed by atoms with Crippen LogP contribution >= 0.6 is 35.0 Å². The summed E-state index contributed by atoms with van der Waals surface area (Å²) in [5.41, 5.74) is 2.43. The third-order valence-corrected chi connectivity index (χ3v) is 5.68. The average molecular weight is 459 g/mol. The van der Waals surface area contributed by atoms with Gasteiger partial charge in [0.2, 0.25) is 11.7 Å². The van der Waals surface area contributed by atoms with Crippen molar-refractivity contribution >= 4 is 46.6 Å². The van der Waals surface area contributed by atoms with Gasteiger partial charge in [-0.15, -0.1) is 10.2 Å². The summed E-state index contributed by atoms with van der Waals surface area (Å²) in [7, 11) is 0. The second-order valence-corrected chi connectivity index (χ2v) is 8.21. The van der Waals surface area contributed by atoms with E-state index in [-0.39, 0.29) is 11.7 Å². The molecule has 0 fully saturated rings. The van der Waals surface area contributed by atoms with E-state index in [9.17, 15) is 4.79 Å². The summed E-state index contributed by atoms with van der Waals surface area (Å²) in [5, 5.41) is 13.2. The third-order valence-electron chi connectivity index (χ3n) is 4.27. The van der Waals surface area contributed by atoms with Crippen molar-refractivity contribution in [3.05, 3.63) is 76.5 Å². The van der Waals surface area contributed by atoms with Gasteiger partial charge in [0.05, 0.1) is 12.0 Å². The Morgan fingerprint density at radius 3 is 2.60 bits per heavy atom. The van der Waals surface area contributed by atoms with Gasteiger partial charge in [0.1, 0.15) is 0 Å². The molecular formula is C21H16Cl2N4O2S. The Labute approximate surface area is 187 Å². The summed E-state index contributed by atoms with van der Waals surface area (Å²) >= 11 is 13.3. The maximum Gasteiger partial charge on any atom is 0.234 e. The molecule has 0 aliphatic carbocycles. The highest BCUT2D eigenvalue weighted by molar-refractivity contribution is 7.99. The van der Waals surface area contributed by atoms with Crippen LogP contribution in [-0.4, -0.2) is 26.4 Å². The molecule has 9 heteroatoms. The monoisotopic (exact) mass is 458 g/mol. The summed E-state index contributed by atoms with van der Waals surface area (Å²) in [4.78, 5) is 12.5. The molecule has 2 aromatic heterocycles. The molecule has 0 spiro atoms. The van der Waals surface area contributed by atoms with Crippen molar-refractivity contribution in [2.24, 2.45) is 0 Å². The number of nitrogens with one attached hydrogen (secondary N) is 1. The van der Waals surface area contributed by atoms with E-state index in [0.29, 0.717) is 32.5 Å². The first-order valence-corrected chi connectivity index (χ1v) is 10.7. The van der Waals surface area contributed by atoms with Crippen LogP contribution in [-0.2, 0) is 4.79 Å². The smallest absolute Gasteiger partial charge is 0.234 e. The van der Waals surface area contributed by atoms with E-state index >= 15 is 0 Å². The second kappa shape index (κ2) is 8.95. The van der Waals surface area contributed by atoms with Crippen LogP contribution in [0.2, 0.25) is 10.0 Å². The van der Waals surface area contributed by atoms with Crippen molar-refractivity contribution in [3.8, 4) is 17.3 Å². The summed E-state index contributed by atoms with van der Waals surface area (Å²) in [6, 6.07) is 16.2. The van der Waals surface area contributed by atoms with Crippen molar-refractivity contribution in [2.75, 3.05) is 11.1 Å². The number of hydrogen-bond acceptors (Lipinski definition) is 5. The number of rotatable bonds is 6. The predicted octanol–water partition coefficient (Wildman–Crippen LogP) is 5.87. The first-order chi connectivity index (χ1) is 14.5. The van der Waals surface area contributed by atoms with E-state index in [2.05, 4.69) is 15.5 Å². The van der Waals surface area contributed by atoms with Crippen LogP contribution in [0.15, 0.2) is 70.4 Å². The number of furan rings is 1. The number of carbonyl (C=O) groups is 1. The first kappa shape index (κ1) is 20.5. The van der Waals surface area contributed by atoms with Crippen molar-refractivity contribution in [2.45, 2.75) is 12.1 Å². The number of aryl methyl sites for hydroxylation is 1. The Bertz CT molecular complexity index is 1170. The van der Waals surface area contributed by atoms with Gasteiger partial charge in [-0.1, -0.05) is 41.0 Å². The highest BCUT2D eigenvalue weighted by atomic mass is 35.5. The van der Waals surface area contributed by atoms with E-state index in [1.54, 1.807) is 42.7 Å². The zero-order valence-electron chi connectivity index (χ0n) is 15.8. The maximum atomic E-state index is 12.5. The minimum absolute atomic E-state index is 0.149. The highest BCUT2D eigenvalue weighted by Gasteiger charge is 2.19. The number of aromatic nitrogens is 3. The average Bonchev–Trinajstić information content (AvgIpc) is 3.39. The summed E-state index contributed by atoms with van der Waals surface area (Å²) in [5.74, 6) is 1.09. The van der Waals surface area contributed by atoms with Crippen LogP contribution in [0.25, 0.3) is 17.3 Å². The maximum absolute atomic E-state index is 12.5. The van der Waals surface area contributed by atoms with Crippen molar-refractivity contribution < 1.29 is 9.21 Å². The lowest BCUT2D eigenvalue weighted by molar-refractivity contribution is -0.113. The van der Waals surface area contributed by atoms with Gasteiger partial charge in [-0.3, -0.25) is 9.36 Å². The van der Waals surface area contributed by atoms with Gasteiger partial charge < -0.3 is 9.73 Å². The summed E-state index contributed by atoms with van der Waals surface area (Å²) < 4.78 is 7.33. The molecule has 4 aromatic rings. The van der Waals surface area contributed by atoms with Gasteiger partial charge in [0.25, 0.3) is 0 Å². The fraction of sp³-hybridized carbons (Fsp3) is 0.0952. The Hall–Kier alpha value is -2.74. The number of hydrogen-bond donors (Lipinski definition) is 1. The van der Waals surface area contributed by atoms with Gasteiger partial charge in [0, 0.05) is 21.4 Å². The molecule has 0 aliphatic heterocycles. The van der Waals surface area contributed by atoms with Crippen LogP contribution < -0.4 is 5.32 Å². The zero-order chi connectivity index (χ0) is 21.1. The SMILES string of the molecule is Cc1ccc(Cl)cc1NC(=O)CSc1nnc(-c2ccco2)n1-c1ccc(Cl)cc1. The largest absolute Gasteiger partial charge is 0.461 e. The van der Waals surface area contributed by atoms with Gasteiger partial charge >= 0.3 is 0 Å². The number of thioether (sulfide) groups is 1. The molecule has 0 aliphatic rings. The van der Waals surface area contributed by atoms with Crippen molar-refractivity contribution in [3.63, 3.8) is 0 Å². The molecule has 2 aromatic carbocycles. The van der Waals surface area contributed by atoms with Crippen molar-refractivity contribution in [1.29, 1.82) is 0 Å². The molecule has 30 heavy (non-hydrogen) atoms. The Balaban J connectivity index is 1.57. The van der Waals surface area contributed by atoms with E-state index in [1.165, 1.54) is 11.8 Å². The van der Waals surface area contributed by atoms with E-state index in [4.69, 9.17) is 27.6 Å². The predicted molar refractivity (Wildman–Crippen MR) is 120 cm³/mol. The molecule has 0 unspecified atom stereocenters. The van der Waals surface area contributed by atoms with E-state index in [1.807, 2.05) is 29.7 Å². The van der Waals surface area contributed by atoms with Gasteiger partial charge in [-0.2, -0.15) is 0 Å². The Kier molecular flexibility index (Phi) is 6.13. The molecular weight excluding hydrogens is 443 g/mol. The highest BCUT2D eigenvalue weighted by Crippen LogP contribution is 2.29.